The maximum absolute atomic E-state index is 12.4. The van der Waals surface area contributed by atoms with E-state index in [4.69, 9.17) is 4.74 Å². The van der Waals surface area contributed by atoms with E-state index >= 15 is 0 Å². The molecule has 4 rings (SSSR count). The molecule has 0 spiro atoms. The van der Waals surface area contributed by atoms with Crippen molar-refractivity contribution in [2.45, 2.75) is 77.1 Å². The fraction of sp³-hybridized carbons (Fsp3) is 0.600. The number of aryl methyl sites for hydroxylation is 1. The van der Waals surface area contributed by atoms with Crippen molar-refractivity contribution in [1.29, 1.82) is 0 Å². The molecular weight excluding hydrogens is 358 g/mol. The predicted molar refractivity (Wildman–Crippen MR) is 103 cm³/mol. The zero-order chi connectivity index (χ0) is 19.3. The van der Waals surface area contributed by atoms with Crippen LogP contribution in [0.5, 0.6) is 5.88 Å². The van der Waals surface area contributed by atoms with Gasteiger partial charge in [0.2, 0.25) is 11.8 Å². The molecule has 2 aromatic rings. The van der Waals surface area contributed by atoms with Crippen molar-refractivity contribution in [3.8, 4) is 5.88 Å². The lowest BCUT2D eigenvalue weighted by Gasteiger charge is -2.13. The van der Waals surface area contributed by atoms with E-state index in [0.29, 0.717) is 19.0 Å². The topological polar surface area (TPSA) is 91.0 Å². The predicted octanol–water partition coefficient (Wildman–Crippen LogP) is 1.80. The maximum atomic E-state index is 12.4. The Morgan fingerprint density at radius 3 is 2.93 bits per heavy atom. The first-order valence-corrected chi connectivity index (χ1v) is 10.2. The number of carbonyl (C=O) groups excluding carboxylic acids is 1. The van der Waals surface area contributed by atoms with E-state index in [1.165, 1.54) is 17.5 Å². The van der Waals surface area contributed by atoms with E-state index in [1.54, 1.807) is 10.8 Å². The Bertz CT molecular complexity index is 882. The number of fused-ring (bicyclic) bond motifs is 1. The number of rotatable bonds is 6. The number of aromatic nitrogens is 4. The quantitative estimate of drug-likeness (QED) is 0.819. The Morgan fingerprint density at radius 2 is 2.07 bits per heavy atom. The Hall–Kier alpha value is -2.64. The minimum Gasteiger partial charge on any atom is -0.474 e. The monoisotopic (exact) mass is 385 g/mol. The number of hydrogen-bond acceptors (Lipinski definition) is 5. The molecule has 1 amide bonds. The lowest BCUT2D eigenvalue weighted by atomic mass is 10.2. The van der Waals surface area contributed by atoms with E-state index in [1.807, 2.05) is 12.1 Å². The second-order valence-corrected chi connectivity index (χ2v) is 7.62. The molecule has 1 fully saturated rings. The minimum atomic E-state index is -0.231. The van der Waals surface area contributed by atoms with Gasteiger partial charge in [0.1, 0.15) is 18.5 Å². The van der Waals surface area contributed by atoms with Crippen LogP contribution >= 0.6 is 0 Å². The number of hydrogen-bond donors (Lipinski definition) is 1. The van der Waals surface area contributed by atoms with Gasteiger partial charge in [-0.3, -0.25) is 9.36 Å². The number of carbonyl (C=O) groups is 1. The molecule has 0 atom stereocenters. The van der Waals surface area contributed by atoms with E-state index in [9.17, 15) is 9.59 Å². The number of ether oxygens (including phenoxy) is 1. The van der Waals surface area contributed by atoms with Crippen molar-refractivity contribution in [3.05, 3.63) is 40.2 Å². The standard InChI is InChI=1S/C20H27N5O3/c26-18(14-25-20(27)24-11-5-1-2-8-17(24)23-25)22-13-15-9-10-21-19(12-15)28-16-6-3-4-7-16/h9-10,12,16H,1-8,11,13-14H2,(H,22,26). The highest BCUT2D eigenvalue weighted by molar-refractivity contribution is 5.75. The Morgan fingerprint density at radius 1 is 1.21 bits per heavy atom. The largest absolute Gasteiger partial charge is 0.474 e. The fourth-order valence-corrected chi connectivity index (χ4v) is 3.92. The average Bonchev–Trinajstić information content (AvgIpc) is 3.22. The highest BCUT2D eigenvalue weighted by Gasteiger charge is 2.18. The first-order chi connectivity index (χ1) is 13.7. The molecule has 28 heavy (non-hydrogen) atoms. The first kappa shape index (κ1) is 18.7. The second-order valence-electron chi connectivity index (χ2n) is 7.62. The second kappa shape index (κ2) is 8.58. The lowest BCUT2D eigenvalue weighted by Crippen LogP contribution is -2.33. The van der Waals surface area contributed by atoms with Crippen LogP contribution in [0.3, 0.4) is 0 Å². The van der Waals surface area contributed by atoms with Gasteiger partial charge in [-0.2, -0.15) is 5.10 Å². The SMILES string of the molecule is O=C(Cn1nc2n(c1=O)CCCCC2)NCc1ccnc(OC2CCCC2)c1. The van der Waals surface area contributed by atoms with Gasteiger partial charge in [-0.25, -0.2) is 14.5 Å². The molecule has 1 saturated carbocycles. The van der Waals surface area contributed by atoms with E-state index in [0.717, 1.165) is 49.9 Å². The van der Waals surface area contributed by atoms with Gasteiger partial charge in [0.05, 0.1) is 0 Å². The summed E-state index contributed by atoms with van der Waals surface area (Å²) in [5, 5.41) is 7.21. The van der Waals surface area contributed by atoms with Crippen LogP contribution in [-0.4, -0.2) is 31.3 Å². The molecule has 1 aliphatic heterocycles. The van der Waals surface area contributed by atoms with Gasteiger partial charge in [-0.05, 0) is 50.2 Å². The molecule has 0 unspecified atom stereocenters. The summed E-state index contributed by atoms with van der Waals surface area (Å²) in [6.07, 6.45) is 10.4. The molecule has 0 radical (unpaired) electrons. The summed E-state index contributed by atoms with van der Waals surface area (Å²) in [5.74, 6) is 1.16. The molecular formula is C20H27N5O3. The Kier molecular flexibility index (Phi) is 5.73. The molecule has 3 heterocycles. The summed E-state index contributed by atoms with van der Waals surface area (Å²) in [7, 11) is 0. The maximum Gasteiger partial charge on any atom is 0.346 e. The van der Waals surface area contributed by atoms with Gasteiger partial charge in [0, 0.05) is 31.8 Å². The molecule has 0 aromatic carbocycles. The molecule has 0 saturated heterocycles. The average molecular weight is 385 g/mol. The highest BCUT2D eigenvalue weighted by Crippen LogP contribution is 2.23. The molecule has 0 bridgehead atoms. The van der Waals surface area contributed by atoms with Gasteiger partial charge in [-0.1, -0.05) is 6.42 Å². The number of pyridine rings is 1. The smallest absolute Gasteiger partial charge is 0.346 e. The zero-order valence-corrected chi connectivity index (χ0v) is 16.1. The van der Waals surface area contributed by atoms with Crippen LogP contribution in [0, 0.1) is 0 Å². The van der Waals surface area contributed by atoms with E-state index < -0.39 is 0 Å². The van der Waals surface area contributed by atoms with Crippen LogP contribution in [0.2, 0.25) is 0 Å². The third kappa shape index (κ3) is 4.43. The number of nitrogens with zero attached hydrogens (tertiary/aromatic N) is 4. The van der Waals surface area contributed by atoms with Crippen molar-refractivity contribution in [1.82, 2.24) is 24.6 Å². The van der Waals surface area contributed by atoms with Crippen LogP contribution in [0.15, 0.2) is 23.1 Å². The lowest BCUT2D eigenvalue weighted by molar-refractivity contribution is -0.122. The molecule has 8 heteroatoms. The van der Waals surface area contributed by atoms with Gasteiger partial charge in [0.25, 0.3) is 0 Å². The third-order valence-electron chi connectivity index (χ3n) is 5.45. The summed E-state index contributed by atoms with van der Waals surface area (Å²) < 4.78 is 8.89. The van der Waals surface area contributed by atoms with Gasteiger partial charge in [0.15, 0.2) is 0 Å². The summed E-state index contributed by atoms with van der Waals surface area (Å²) in [6, 6.07) is 3.72. The molecule has 1 N–H and O–H groups in total. The summed E-state index contributed by atoms with van der Waals surface area (Å²) >= 11 is 0. The minimum absolute atomic E-state index is 0.0602. The summed E-state index contributed by atoms with van der Waals surface area (Å²) in [4.78, 5) is 29.0. The van der Waals surface area contributed by atoms with Crippen molar-refractivity contribution < 1.29 is 9.53 Å². The fourth-order valence-electron chi connectivity index (χ4n) is 3.92. The molecule has 2 aromatic heterocycles. The third-order valence-corrected chi connectivity index (χ3v) is 5.45. The van der Waals surface area contributed by atoms with Crippen molar-refractivity contribution in [2.75, 3.05) is 0 Å². The van der Waals surface area contributed by atoms with Crippen molar-refractivity contribution in [2.24, 2.45) is 0 Å². The molecule has 1 aliphatic carbocycles. The van der Waals surface area contributed by atoms with Crippen LogP contribution in [-0.2, 0) is 30.8 Å². The Balaban J connectivity index is 1.33. The number of amides is 1. The van der Waals surface area contributed by atoms with Crippen molar-refractivity contribution >= 4 is 5.91 Å². The van der Waals surface area contributed by atoms with E-state index in [2.05, 4.69) is 15.4 Å². The summed E-state index contributed by atoms with van der Waals surface area (Å²) in [5.41, 5.74) is 0.729. The van der Waals surface area contributed by atoms with Crippen LogP contribution < -0.4 is 15.7 Å². The molecule has 2 aliphatic rings. The van der Waals surface area contributed by atoms with Gasteiger partial charge >= 0.3 is 5.69 Å². The first-order valence-electron chi connectivity index (χ1n) is 10.2. The van der Waals surface area contributed by atoms with Crippen LogP contribution in [0.4, 0.5) is 0 Å². The molecule has 8 nitrogen and oxygen atoms in total. The van der Waals surface area contributed by atoms with Crippen LogP contribution in [0.1, 0.15) is 56.3 Å². The van der Waals surface area contributed by atoms with Gasteiger partial charge < -0.3 is 10.1 Å². The summed E-state index contributed by atoms with van der Waals surface area (Å²) in [6.45, 7) is 0.997. The molecule has 150 valence electrons. The number of nitrogens with one attached hydrogen (secondary N) is 1. The zero-order valence-electron chi connectivity index (χ0n) is 16.1. The Labute approximate surface area is 163 Å². The van der Waals surface area contributed by atoms with E-state index in [-0.39, 0.29) is 24.2 Å². The van der Waals surface area contributed by atoms with Gasteiger partial charge in [-0.15, -0.1) is 0 Å². The van der Waals surface area contributed by atoms with Crippen molar-refractivity contribution in [3.63, 3.8) is 0 Å². The highest BCUT2D eigenvalue weighted by atomic mass is 16.5. The van der Waals surface area contributed by atoms with Crippen LogP contribution in [0.25, 0.3) is 0 Å². The normalized spacial score (nSPS) is 17.1.